The van der Waals surface area contributed by atoms with Crippen LogP contribution in [0.15, 0.2) is 72.8 Å². The molecule has 4 aliphatic rings. The van der Waals surface area contributed by atoms with Gasteiger partial charge in [-0.2, -0.15) is 0 Å². The summed E-state index contributed by atoms with van der Waals surface area (Å²) in [6.07, 6.45) is 11.7. The summed E-state index contributed by atoms with van der Waals surface area (Å²) in [5.74, 6) is 0.981. The standard InChI is InChI=1S/C33H34NO3PS/c35-38(31-32(19-7-1-8-20-32)39-33(34-31)21-9-2-10-22-33)36-27-17-15-23-11-3-5-13-25(23)29(27)30-26-14-6-4-12-24(26)16-18-28(30)37-38/h3-6,11-18,31,34H,1-2,7-10,19-22H2. The Labute approximate surface area is 234 Å². The number of hydrogen-bond donors (Lipinski definition) is 1. The SMILES string of the molecule is O=P1(C2NC3(CCCCC3)SC23CCCCC3)Oc2ccc3ccccc3c2-c2c(ccc3ccccc23)O1. The Morgan fingerprint density at radius 3 is 1.74 bits per heavy atom. The van der Waals surface area contributed by atoms with Crippen molar-refractivity contribution in [3.63, 3.8) is 0 Å². The topological polar surface area (TPSA) is 47.6 Å². The van der Waals surface area contributed by atoms with Crippen molar-refractivity contribution in [3.8, 4) is 22.6 Å². The van der Waals surface area contributed by atoms with E-state index in [0.717, 1.165) is 58.4 Å². The predicted molar refractivity (Wildman–Crippen MR) is 162 cm³/mol. The van der Waals surface area contributed by atoms with Crippen molar-refractivity contribution in [1.82, 2.24) is 5.32 Å². The van der Waals surface area contributed by atoms with Gasteiger partial charge in [-0.15, -0.1) is 11.8 Å². The van der Waals surface area contributed by atoms with Gasteiger partial charge in [0.1, 0.15) is 17.3 Å². The smallest absolute Gasteiger partial charge is 0.414 e. The van der Waals surface area contributed by atoms with Gasteiger partial charge >= 0.3 is 7.60 Å². The fourth-order valence-electron chi connectivity index (χ4n) is 7.69. The van der Waals surface area contributed by atoms with Crippen molar-refractivity contribution in [1.29, 1.82) is 0 Å². The van der Waals surface area contributed by atoms with Gasteiger partial charge in [-0.25, -0.2) is 4.57 Å². The Kier molecular flexibility index (Phi) is 5.63. The molecule has 4 aromatic rings. The molecule has 2 saturated carbocycles. The monoisotopic (exact) mass is 555 g/mol. The fourth-order valence-corrected chi connectivity index (χ4v) is 12.8. The first-order valence-corrected chi connectivity index (χ1v) is 17.0. The van der Waals surface area contributed by atoms with E-state index in [2.05, 4.69) is 77.7 Å². The number of benzene rings is 4. The number of hydrogen-bond acceptors (Lipinski definition) is 5. The summed E-state index contributed by atoms with van der Waals surface area (Å²) in [6, 6.07) is 25.0. The van der Waals surface area contributed by atoms with Crippen molar-refractivity contribution < 1.29 is 13.6 Å². The van der Waals surface area contributed by atoms with Crippen molar-refractivity contribution in [3.05, 3.63) is 72.8 Å². The van der Waals surface area contributed by atoms with E-state index in [4.69, 9.17) is 9.05 Å². The van der Waals surface area contributed by atoms with Crippen LogP contribution >= 0.6 is 19.4 Å². The van der Waals surface area contributed by atoms with E-state index in [-0.39, 0.29) is 15.4 Å². The second kappa shape index (κ2) is 9.03. The molecule has 39 heavy (non-hydrogen) atoms. The number of rotatable bonds is 1. The Hall–Kier alpha value is -2.46. The van der Waals surface area contributed by atoms with Crippen LogP contribution in [0.3, 0.4) is 0 Å². The van der Waals surface area contributed by atoms with Crippen molar-refractivity contribution in [2.75, 3.05) is 0 Å². The van der Waals surface area contributed by atoms with Gasteiger partial charge in [-0.1, -0.05) is 99.2 Å². The zero-order chi connectivity index (χ0) is 26.1. The largest absolute Gasteiger partial charge is 0.449 e. The fraction of sp³-hybridized carbons (Fsp3) is 0.394. The molecular weight excluding hydrogens is 521 g/mol. The molecule has 0 amide bonds. The number of nitrogens with one attached hydrogen (secondary N) is 1. The molecule has 2 spiro atoms. The van der Waals surface area contributed by atoms with Crippen LogP contribution in [0.5, 0.6) is 11.5 Å². The van der Waals surface area contributed by atoms with E-state index < -0.39 is 7.60 Å². The van der Waals surface area contributed by atoms with Gasteiger partial charge in [0, 0.05) is 15.9 Å². The lowest BCUT2D eigenvalue weighted by Crippen LogP contribution is -2.48. The summed E-state index contributed by atoms with van der Waals surface area (Å²) in [7, 11) is -3.68. The molecule has 1 unspecified atom stereocenters. The highest BCUT2D eigenvalue weighted by molar-refractivity contribution is 8.02. The van der Waals surface area contributed by atoms with Gasteiger partial charge in [-0.05, 0) is 59.4 Å². The predicted octanol–water partition coefficient (Wildman–Crippen LogP) is 9.65. The van der Waals surface area contributed by atoms with Crippen LogP contribution in [0.1, 0.15) is 64.2 Å². The van der Waals surface area contributed by atoms with Crippen LogP contribution < -0.4 is 14.4 Å². The molecule has 1 saturated heterocycles. The third-order valence-electron chi connectivity index (χ3n) is 9.46. The van der Waals surface area contributed by atoms with E-state index in [1.165, 1.54) is 38.5 Å². The van der Waals surface area contributed by atoms with Crippen LogP contribution in [0.4, 0.5) is 0 Å². The third kappa shape index (κ3) is 3.80. The lowest BCUT2D eigenvalue weighted by molar-refractivity contribution is 0.282. The van der Waals surface area contributed by atoms with Crippen molar-refractivity contribution in [2.24, 2.45) is 0 Å². The third-order valence-corrected chi connectivity index (χ3v) is 13.8. The number of fused-ring (bicyclic) bond motifs is 7. The van der Waals surface area contributed by atoms with Crippen LogP contribution in [0.25, 0.3) is 32.7 Å². The van der Waals surface area contributed by atoms with Crippen LogP contribution in [-0.2, 0) is 4.57 Å². The first-order valence-electron chi connectivity index (χ1n) is 14.6. The second-order valence-electron chi connectivity index (χ2n) is 11.9. The Morgan fingerprint density at radius 2 is 1.18 bits per heavy atom. The molecule has 2 aliphatic heterocycles. The first kappa shape index (κ1) is 24.3. The minimum Gasteiger partial charge on any atom is -0.414 e. The summed E-state index contributed by atoms with van der Waals surface area (Å²) in [4.78, 5) is -0.0326. The Morgan fingerprint density at radius 1 is 0.667 bits per heavy atom. The maximum absolute atomic E-state index is 15.4. The van der Waals surface area contributed by atoms with Gasteiger partial charge in [0.05, 0.1) is 4.87 Å². The Bertz CT molecular complexity index is 1550. The van der Waals surface area contributed by atoms with Gasteiger partial charge in [0.15, 0.2) is 0 Å². The van der Waals surface area contributed by atoms with E-state index >= 15 is 4.57 Å². The van der Waals surface area contributed by atoms with E-state index in [1.54, 1.807) is 0 Å². The zero-order valence-corrected chi connectivity index (χ0v) is 23.9. The van der Waals surface area contributed by atoms with E-state index in [1.807, 2.05) is 12.1 Å². The first-order chi connectivity index (χ1) is 19.1. The highest BCUT2D eigenvalue weighted by Crippen LogP contribution is 2.69. The molecule has 1 atom stereocenters. The van der Waals surface area contributed by atoms with Crippen LogP contribution in [-0.4, -0.2) is 15.4 Å². The molecule has 0 radical (unpaired) electrons. The highest BCUT2D eigenvalue weighted by atomic mass is 32.2. The molecule has 8 rings (SSSR count). The minimum absolute atomic E-state index is 0.0326. The summed E-state index contributed by atoms with van der Waals surface area (Å²) in [5.41, 5.74) is 1.96. The maximum atomic E-state index is 15.4. The summed E-state index contributed by atoms with van der Waals surface area (Å²) in [5, 5.41) is 8.44. The average Bonchev–Trinajstić information content (AvgIpc) is 3.18. The average molecular weight is 556 g/mol. The summed E-state index contributed by atoms with van der Waals surface area (Å²) >= 11 is 2.09. The Balaban J connectivity index is 1.36. The molecule has 1 N–H and O–H groups in total. The molecule has 3 fully saturated rings. The maximum Gasteiger partial charge on any atom is 0.449 e. The molecule has 4 nitrogen and oxygen atoms in total. The lowest BCUT2D eigenvalue weighted by atomic mass is 9.87. The molecule has 0 bridgehead atoms. The molecule has 2 heterocycles. The lowest BCUT2D eigenvalue weighted by Gasteiger charge is -2.39. The van der Waals surface area contributed by atoms with Crippen LogP contribution in [0.2, 0.25) is 0 Å². The second-order valence-corrected chi connectivity index (χ2v) is 15.6. The molecule has 2 aliphatic carbocycles. The van der Waals surface area contributed by atoms with Crippen LogP contribution in [0, 0.1) is 0 Å². The normalized spacial score (nSPS) is 24.6. The highest BCUT2D eigenvalue weighted by Gasteiger charge is 2.64. The van der Waals surface area contributed by atoms with Crippen molar-refractivity contribution in [2.45, 2.75) is 79.6 Å². The molecule has 4 aromatic carbocycles. The zero-order valence-electron chi connectivity index (χ0n) is 22.2. The van der Waals surface area contributed by atoms with Gasteiger partial charge < -0.3 is 9.05 Å². The van der Waals surface area contributed by atoms with Gasteiger partial charge in [0.2, 0.25) is 0 Å². The summed E-state index contributed by atoms with van der Waals surface area (Å²) < 4.78 is 28.9. The van der Waals surface area contributed by atoms with E-state index in [9.17, 15) is 0 Å². The quantitative estimate of drug-likeness (QED) is 0.237. The van der Waals surface area contributed by atoms with Gasteiger partial charge in [-0.3, -0.25) is 5.32 Å². The number of thioether (sulfide) groups is 1. The van der Waals surface area contributed by atoms with Crippen molar-refractivity contribution >= 4 is 40.9 Å². The van der Waals surface area contributed by atoms with E-state index in [0.29, 0.717) is 11.5 Å². The molecule has 200 valence electrons. The minimum atomic E-state index is -3.68. The molecule has 0 aromatic heterocycles. The summed E-state index contributed by atoms with van der Waals surface area (Å²) in [6.45, 7) is 0. The van der Waals surface area contributed by atoms with Gasteiger partial charge in [0.25, 0.3) is 0 Å². The molecular formula is C33H34NO3PS. The molecule has 6 heteroatoms.